The molecular formula is C14H15ClFN3. The van der Waals surface area contributed by atoms with E-state index in [1.54, 1.807) is 18.3 Å². The van der Waals surface area contributed by atoms with E-state index in [1.165, 1.54) is 6.07 Å². The van der Waals surface area contributed by atoms with Gasteiger partial charge in [-0.25, -0.2) is 14.4 Å². The average Bonchev–Trinajstić information content (AvgIpc) is 2.39. The third-order valence-electron chi connectivity index (χ3n) is 2.93. The lowest BCUT2D eigenvalue weighted by molar-refractivity contribution is 0.543. The largest absolute Gasteiger partial charge is 0.311 e. The number of nitrogens with one attached hydrogen (secondary N) is 1. The summed E-state index contributed by atoms with van der Waals surface area (Å²) in [5, 5.41) is 3.67. The summed E-state index contributed by atoms with van der Waals surface area (Å²) in [4.78, 5) is 8.42. The fraction of sp³-hybridized carbons (Fsp3) is 0.286. The number of aromatic nitrogens is 2. The Balaban J connectivity index is 2.26. The molecule has 2 rings (SSSR count). The van der Waals surface area contributed by atoms with Gasteiger partial charge in [0.05, 0.1) is 11.7 Å². The molecular weight excluding hydrogens is 265 g/mol. The molecule has 0 fully saturated rings. The lowest BCUT2D eigenvalue weighted by Gasteiger charge is -2.16. The molecule has 0 aliphatic rings. The number of halogens is 2. The Morgan fingerprint density at radius 3 is 2.84 bits per heavy atom. The van der Waals surface area contributed by atoms with Gasteiger partial charge in [0.15, 0.2) is 0 Å². The minimum atomic E-state index is -0.254. The van der Waals surface area contributed by atoms with Gasteiger partial charge < -0.3 is 5.32 Å². The number of hydrogen-bond acceptors (Lipinski definition) is 3. The maximum absolute atomic E-state index is 13.7. The number of hydrogen-bond donors (Lipinski definition) is 1. The number of likely N-dealkylation sites (N-methyl/N-ethyl adjacent to an activating group) is 1. The normalized spacial score (nSPS) is 12.4. The summed E-state index contributed by atoms with van der Waals surface area (Å²) in [6, 6.07) is 6.33. The lowest BCUT2D eigenvalue weighted by atomic mass is 10.0. The Morgan fingerprint density at radius 1 is 1.37 bits per heavy atom. The molecule has 0 amide bonds. The number of rotatable bonds is 4. The first-order chi connectivity index (χ1) is 9.10. The highest BCUT2D eigenvalue weighted by Crippen LogP contribution is 2.21. The number of benzene rings is 1. The molecule has 1 unspecified atom stereocenters. The van der Waals surface area contributed by atoms with Crippen molar-refractivity contribution in [1.29, 1.82) is 0 Å². The molecule has 100 valence electrons. The van der Waals surface area contributed by atoms with Crippen LogP contribution in [-0.4, -0.2) is 17.0 Å². The van der Waals surface area contributed by atoms with Gasteiger partial charge in [0.2, 0.25) is 0 Å². The molecule has 0 spiro atoms. The van der Waals surface area contributed by atoms with Crippen molar-refractivity contribution in [3.63, 3.8) is 0 Å². The average molecular weight is 280 g/mol. The van der Waals surface area contributed by atoms with E-state index in [1.807, 2.05) is 20.0 Å². The van der Waals surface area contributed by atoms with Crippen molar-refractivity contribution >= 4 is 11.6 Å². The summed E-state index contributed by atoms with van der Waals surface area (Å²) < 4.78 is 13.7. The molecule has 2 aromatic rings. The first-order valence-corrected chi connectivity index (χ1v) is 6.38. The van der Waals surface area contributed by atoms with Crippen LogP contribution in [-0.2, 0) is 6.42 Å². The maximum atomic E-state index is 13.7. The second-order valence-electron chi connectivity index (χ2n) is 4.31. The molecule has 1 aromatic heterocycles. The molecule has 0 bridgehead atoms. The SMILES string of the molecule is CNC(Cc1cc(Cl)ccc1F)c1ccnc(C)n1. The lowest BCUT2D eigenvalue weighted by Crippen LogP contribution is -2.21. The Bertz CT molecular complexity index is 574. The van der Waals surface area contributed by atoms with Crippen molar-refractivity contribution < 1.29 is 4.39 Å². The standard InChI is InChI=1S/C14H15ClFN3/c1-9-18-6-5-13(19-9)14(17-2)8-10-7-11(15)3-4-12(10)16/h3-7,14,17H,8H2,1-2H3. The fourth-order valence-electron chi connectivity index (χ4n) is 1.94. The van der Waals surface area contributed by atoms with Gasteiger partial charge in [0.1, 0.15) is 11.6 Å². The highest BCUT2D eigenvalue weighted by atomic mass is 35.5. The first-order valence-electron chi connectivity index (χ1n) is 6.01. The molecule has 1 N–H and O–H groups in total. The summed E-state index contributed by atoms with van der Waals surface area (Å²) in [5.41, 5.74) is 1.41. The molecule has 0 saturated carbocycles. The molecule has 0 aliphatic heterocycles. The summed E-state index contributed by atoms with van der Waals surface area (Å²) in [5.74, 6) is 0.444. The second-order valence-corrected chi connectivity index (χ2v) is 4.75. The van der Waals surface area contributed by atoms with E-state index < -0.39 is 0 Å². The van der Waals surface area contributed by atoms with Crippen molar-refractivity contribution in [3.05, 3.63) is 58.4 Å². The van der Waals surface area contributed by atoms with Crippen molar-refractivity contribution in [1.82, 2.24) is 15.3 Å². The predicted octanol–water partition coefficient (Wildman–Crippen LogP) is 3.08. The van der Waals surface area contributed by atoms with Crippen molar-refractivity contribution in [3.8, 4) is 0 Å². The van der Waals surface area contributed by atoms with Crippen LogP contribution in [0.5, 0.6) is 0 Å². The zero-order chi connectivity index (χ0) is 13.8. The van der Waals surface area contributed by atoms with E-state index in [9.17, 15) is 4.39 Å². The molecule has 3 nitrogen and oxygen atoms in total. The van der Waals surface area contributed by atoms with E-state index in [4.69, 9.17) is 11.6 Å². The summed E-state index contributed by atoms with van der Waals surface area (Å²) >= 11 is 5.90. The zero-order valence-corrected chi connectivity index (χ0v) is 11.6. The zero-order valence-electron chi connectivity index (χ0n) is 10.8. The highest BCUT2D eigenvalue weighted by Gasteiger charge is 2.14. The minimum absolute atomic E-state index is 0.0744. The molecule has 0 saturated heterocycles. The van der Waals surface area contributed by atoms with Gasteiger partial charge in [-0.2, -0.15) is 0 Å². The maximum Gasteiger partial charge on any atom is 0.126 e. The summed E-state index contributed by atoms with van der Waals surface area (Å²) in [6.07, 6.45) is 2.19. The quantitative estimate of drug-likeness (QED) is 0.935. The van der Waals surface area contributed by atoms with Crippen LogP contribution in [0.2, 0.25) is 5.02 Å². The van der Waals surface area contributed by atoms with Crippen LogP contribution in [0.4, 0.5) is 4.39 Å². The molecule has 19 heavy (non-hydrogen) atoms. The van der Waals surface area contributed by atoms with E-state index in [0.29, 0.717) is 22.8 Å². The van der Waals surface area contributed by atoms with Gasteiger partial charge in [0, 0.05) is 11.2 Å². The third-order valence-corrected chi connectivity index (χ3v) is 3.17. The van der Waals surface area contributed by atoms with Crippen LogP contribution < -0.4 is 5.32 Å². The molecule has 0 aliphatic carbocycles. The number of nitrogens with zero attached hydrogens (tertiary/aromatic N) is 2. The smallest absolute Gasteiger partial charge is 0.126 e. The van der Waals surface area contributed by atoms with Gasteiger partial charge in [-0.05, 0) is 50.2 Å². The van der Waals surface area contributed by atoms with E-state index >= 15 is 0 Å². The monoisotopic (exact) mass is 279 g/mol. The van der Waals surface area contributed by atoms with Crippen molar-refractivity contribution in [2.75, 3.05) is 7.05 Å². The molecule has 1 aromatic carbocycles. The Hall–Kier alpha value is -1.52. The highest BCUT2D eigenvalue weighted by molar-refractivity contribution is 6.30. The van der Waals surface area contributed by atoms with E-state index in [-0.39, 0.29) is 11.9 Å². The fourth-order valence-corrected chi connectivity index (χ4v) is 2.14. The van der Waals surface area contributed by atoms with Crippen LogP contribution in [0.15, 0.2) is 30.5 Å². The van der Waals surface area contributed by atoms with Crippen LogP contribution >= 0.6 is 11.6 Å². The second kappa shape index (κ2) is 6.08. The van der Waals surface area contributed by atoms with Crippen molar-refractivity contribution in [2.45, 2.75) is 19.4 Å². The Labute approximate surface area is 116 Å². The number of aryl methyl sites for hydroxylation is 1. The first kappa shape index (κ1) is 13.9. The Morgan fingerprint density at radius 2 is 2.16 bits per heavy atom. The van der Waals surface area contributed by atoms with E-state index in [0.717, 1.165) is 5.69 Å². The predicted molar refractivity (Wildman–Crippen MR) is 73.7 cm³/mol. The van der Waals surface area contributed by atoms with Gasteiger partial charge in [-0.3, -0.25) is 0 Å². The van der Waals surface area contributed by atoms with Gasteiger partial charge in [0.25, 0.3) is 0 Å². The summed E-state index contributed by atoms with van der Waals surface area (Å²) in [6.45, 7) is 1.83. The molecule has 5 heteroatoms. The van der Waals surface area contributed by atoms with Crippen LogP contribution in [0.25, 0.3) is 0 Å². The van der Waals surface area contributed by atoms with Crippen LogP contribution in [0.1, 0.15) is 23.1 Å². The Kier molecular flexibility index (Phi) is 4.45. The third kappa shape index (κ3) is 3.49. The molecule has 1 heterocycles. The van der Waals surface area contributed by atoms with Crippen molar-refractivity contribution in [2.24, 2.45) is 0 Å². The van der Waals surface area contributed by atoms with Crippen LogP contribution in [0.3, 0.4) is 0 Å². The molecule has 1 atom stereocenters. The van der Waals surface area contributed by atoms with Crippen LogP contribution in [0, 0.1) is 12.7 Å². The molecule has 0 radical (unpaired) electrons. The van der Waals surface area contributed by atoms with Gasteiger partial charge in [-0.15, -0.1) is 0 Å². The van der Waals surface area contributed by atoms with Gasteiger partial charge in [-0.1, -0.05) is 11.6 Å². The topological polar surface area (TPSA) is 37.8 Å². The summed E-state index contributed by atoms with van der Waals surface area (Å²) in [7, 11) is 1.82. The van der Waals surface area contributed by atoms with Gasteiger partial charge >= 0.3 is 0 Å². The van der Waals surface area contributed by atoms with E-state index in [2.05, 4.69) is 15.3 Å². The minimum Gasteiger partial charge on any atom is -0.311 e.